The molecule has 3 heterocycles. The second kappa shape index (κ2) is 14.6. The number of hydrogen-bond acceptors (Lipinski definition) is 5. The zero-order chi connectivity index (χ0) is 43.3. The van der Waals surface area contributed by atoms with Crippen molar-refractivity contribution in [2.24, 2.45) is 9.98 Å². The molecule has 14 rings (SSSR count). The SMILES string of the molecule is c1ccc2cc(C3=NC(c4ccc5c(c4)sc4ccccc45)=NC(c4ccc(-c5ccc(-c6ccc7ccccc7c6)c6oc7cc8ccccc8cc7c56)c5ccccc45)N3)ccc2c1. The predicted octanol–water partition coefficient (Wildman–Crippen LogP) is 16.4. The maximum Gasteiger partial charge on any atom is 0.159 e. The Morgan fingerprint density at radius 1 is 0.409 bits per heavy atom. The minimum absolute atomic E-state index is 0.410. The molecule has 11 aromatic carbocycles. The lowest BCUT2D eigenvalue weighted by atomic mass is 9.89. The molecule has 5 heteroatoms. The summed E-state index contributed by atoms with van der Waals surface area (Å²) in [4.78, 5) is 10.7. The lowest BCUT2D eigenvalue weighted by Gasteiger charge is -2.25. The first-order chi connectivity index (χ1) is 32.7. The predicted molar refractivity (Wildman–Crippen MR) is 279 cm³/mol. The van der Waals surface area contributed by atoms with E-state index in [9.17, 15) is 0 Å². The Labute approximate surface area is 383 Å². The van der Waals surface area contributed by atoms with Gasteiger partial charge in [-0.15, -0.1) is 11.3 Å². The quantitative estimate of drug-likeness (QED) is 0.187. The first kappa shape index (κ1) is 37.0. The van der Waals surface area contributed by atoms with E-state index in [1.165, 1.54) is 47.1 Å². The van der Waals surface area contributed by atoms with Crippen molar-refractivity contribution in [2.75, 3.05) is 0 Å². The van der Waals surface area contributed by atoms with Gasteiger partial charge in [-0.3, -0.25) is 0 Å². The number of furan rings is 1. The third kappa shape index (κ3) is 5.91. The smallest absolute Gasteiger partial charge is 0.159 e. The van der Waals surface area contributed by atoms with Crippen LogP contribution >= 0.6 is 11.3 Å². The van der Waals surface area contributed by atoms with Gasteiger partial charge < -0.3 is 9.73 Å². The zero-order valence-corrected chi connectivity index (χ0v) is 36.3. The fourth-order valence-corrected chi connectivity index (χ4v) is 11.4. The summed E-state index contributed by atoms with van der Waals surface area (Å²) in [5.41, 5.74) is 9.31. The van der Waals surface area contributed by atoms with Crippen molar-refractivity contribution < 1.29 is 4.42 Å². The fourth-order valence-electron chi connectivity index (χ4n) is 10.3. The minimum Gasteiger partial charge on any atom is -0.455 e. The Balaban J connectivity index is 0.955. The van der Waals surface area contributed by atoms with Crippen molar-refractivity contribution in [3.8, 4) is 22.3 Å². The van der Waals surface area contributed by atoms with Crippen LogP contribution in [0.5, 0.6) is 0 Å². The van der Waals surface area contributed by atoms with Gasteiger partial charge in [-0.2, -0.15) is 0 Å². The van der Waals surface area contributed by atoms with Gasteiger partial charge in [-0.25, -0.2) is 9.98 Å². The van der Waals surface area contributed by atoms with E-state index in [-0.39, 0.29) is 0 Å². The highest BCUT2D eigenvalue weighted by Crippen LogP contribution is 2.46. The number of benzene rings is 11. The number of nitrogens with one attached hydrogen (secondary N) is 1. The molecule has 66 heavy (non-hydrogen) atoms. The molecular weight excluding hydrogens is 823 g/mol. The number of aliphatic imine (C=N–C) groups is 2. The number of rotatable bonds is 5. The van der Waals surface area contributed by atoms with Crippen LogP contribution in [-0.4, -0.2) is 11.7 Å². The van der Waals surface area contributed by atoms with Crippen LogP contribution in [0.2, 0.25) is 0 Å². The van der Waals surface area contributed by atoms with Crippen LogP contribution in [0, 0.1) is 0 Å². The highest BCUT2D eigenvalue weighted by atomic mass is 32.1. The molecule has 1 unspecified atom stereocenters. The van der Waals surface area contributed by atoms with Crippen LogP contribution in [-0.2, 0) is 0 Å². The molecule has 2 aromatic heterocycles. The third-order valence-electron chi connectivity index (χ3n) is 13.5. The van der Waals surface area contributed by atoms with Gasteiger partial charge in [0.15, 0.2) is 5.84 Å². The maximum absolute atomic E-state index is 6.99. The molecule has 0 radical (unpaired) electrons. The number of amidine groups is 2. The Morgan fingerprint density at radius 2 is 1.00 bits per heavy atom. The minimum atomic E-state index is -0.410. The second-order valence-electron chi connectivity index (χ2n) is 17.3. The van der Waals surface area contributed by atoms with E-state index in [0.717, 1.165) is 82.9 Å². The van der Waals surface area contributed by atoms with E-state index in [1.54, 1.807) is 0 Å². The van der Waals surface area contributed by atoms with Crippen molar-refractivity contribution in [1.29, 1.82) is 0 Å². The summed E-state index contributed by atoms with van der Waals surface area (Å²) in [5.74, 6) is 1.50. The summed E-state index contributed by atoms with van der Waals surface area (Å²) in [6.07, 6.45) is -0.410. The lowest BCUT2D eigenvalue weighted by Crippen LogP contribution is -2.33. The molecule has 0 amide bonds. The molecule has 0 aliphatic carbocycles. The summed E-state index contributed by atoms with van der Waals surface area (Å²) < 4.78 is 9.49. The number of thiophene rings is 1. The highest BCUT2D eigenvalue weighted by molar-refractivity contribution is 7.25. The topological polar surface area (TPSA) is 49.9 Å². The van der Waals surface area contributed by atoms with Crippen LogP contribution in [0.15, 0.2) is 227 Å². The molecule has 1 N–H and O–H groups in total. The lowest BCUT2D eigenvalue weighted by molar-refractivity contribution is 0.670. The van der Waals surface area contributed by atoms with Crippen LogP contribution < -0.4 is 5.32 Å². The molecular formula is C61H37N3OS. The molecule has 1 atom stereocenters. The summed E-state index contributed by atoms with van der Waals surface area (Å²) >= 11 is 1.81. The van der Waals surface area contributed by atoms with Crippen LogP contribution in [0.3, 0.4) is 0 Å². The first-order valence-corrected chi connectivity index (χ1v) is 23.2. The first-order valence-electron chi connectivity index (χ1n) is 22.4. The van der Waals surface area contributed by atoms with E-state index in [2.05, 4.69) is 218 Å². The standard InChI is InChI=1S/C61H37N3OS/c1-3-13-38-31-42(23-21-36(38)11-1)45-27-29-51(57-53-33-40-15-5-6-16-41(40)34-54(53)65-58(45)57)48-28-30-52(47-18-8-7-17-46(47)48)61-63-59(43-24-22-37-12-2-4-14-39(37)32-43)62-60(64-61)44-25-26-50-49-19-9-10-20-55(49)66-56(50)35-44/h1-35,61H,(H,62,63,64). The third-order valence-corrected chi connectivity index (χ3v) is 14.6. The van der Waals surface area contributed by atoms with Gasteiger partial charge in [-0.1, -0.05) is 170 Å². The molecule has 308 valence electrons. The Morgan fingerprint density at radius 3 is 1.79 bits per heavy atom. The fraction of sp³-hybridized carbons (Fsp3) is 0.0164. The van der Waals surface area contributed by atoms with E-state index < -0.39 is 6.17 Å². The zero-order valence-electron chi connectivity index (χ0n) is 35.5. The normalized spacial score (nSPS) is 14.2. The monoisotopic (exact) mass is 859 g/mol. The van der Waals surface area contributed by atoms with Crippen LogP contribution in [0.4, 0.5) is 0 Å². The van der Waals surface area contributed by atoms with Crippen LogP contribution in [0.1, 0.15) is 22.9 Å². The van der Waals surface area contributed by atoms with Crippen LogP contribution in [0.25, 0.3) is 107 Å². The Hall–Kier alpha value is -8.38. The van der Waals surface area contributed by atoms with Gasteiger partial charge in [0.1, 0.15) is 23.2 Å². The van der Waals surface area contributed by atoms with Gasteiger partial charge in [-0.05, 0) is 102 Å². The van der Waals surface area contributed by atoms with Gasteiger partial charge in [0.05, 0.1) is 0 Å². The van der Waals surface area contributed by atoms with E-state index >= 15 is 0 Å². The molecule has 1 aliphatic heterocycles. The average molecular weight is 860 g/mol. The average Bonchev–Trinajstić information content (AvgIpc) is 3.95. The molecule has 0 spiro atoms. The van der Waals surface area contributed by atoms with Gasteiger partial charge in [0, 0.05) is 53.2 Å². The van der Waals surface area contributed by atoms with Crippen molar-refractivity contribution in [3.05, 3.63) is 229 Å². The maximum atomic E-state index is 6.99. The largest absolute Gasteiger partial charge is 0.455 e. The van der Waals surface area contributed by atoms with Gasteiger partial charge >= 0.3 is 0 Å². The highest BCUT2D eigenvalue weighted by Gasteiger charge is 2.26. The molecule has 0 saturated heterocycles. The van der Waals surface area contributed by atoms with Crippen molar-refractivity contribution in [2.45, 2.75) is 6.17 Å². The van der Waals surface area contributed by atoms with E-state index in [1.807, 2.05) is 11.3 Å². The number of nitrogens with zero attached hydrogens (tertiary/aromatic N) is 2. The Bertz CT molecular complexity index is 4230. The molecule has 0 fully saturated rings. The summed E-state index contributed by atoms with van der Waals surface area (Å²) in [5, 5.41) is 17.9. The Kier molecular flexibility index (Phi) is 8.18. The molecule has 4 nitrogen and oxygen atoms in total. The van der Waals surface area contributed by atoms with E-state index in [0.29, 0.717) is 5.84 Å². The van der Waals surface area contributed by atoms with Crippen molar-refractivity contribution in [3.63, 3.8) is 0 Å². The van der Waals surface area contributed by atoms with Gasteiger partial charge in [0.25, 0.3) is 0 Å². The number of fused-ring (bicyclic) bond motifs is 10. The molecule has 1 aliphatic rings. The second-order valence-corrected chi connectivity index (χ2v) is 18.4. The molecule has 13 aromatic rings. The molecule has 0 saturated carbocycles. The molecule has 0 bridgehead atoms. The summed E-state index contributed by atoms with van der Waals surface area (Å²) in [6.45, 7) is 0. The van der Waals surface area contributed by atoms with Crippen molar-refractivity contribution in [1.82, 2.24) is 5.32 Å². The number of hydrogen-bond donors (Lipinski definition) is 1. The summed E-state index contributed by atoms with van der Waals surface area (Å²) in [7, 11) is 0. The van der Waals surface area contributed by atoms with Crippen molar-refractivity contribution >= 4 is 108 Å². The van der Waals surface area contributed by atoms with Gasteiger partial charge in [0.2, 0.25) is 0 Å². The summed E-state index contributed by atoms with van der Waals surface area (Å²) in [6, 6.07) is 76.4. The van der Waals surface area contributed by atoms with E-state index in [4.69, 9.17) is 14.4 Å².